The maximum atomic E-state index is 13.5. The lowest BCUT2D eigenvalue weighted by atomic mass is 9.44. The van der Waals surface area contributed by atoms with Crippen LogP contribution in [0.5, 0.6) is 0 Å². The van der Waals surface area contributed by atoms with Gasteiger partial charge in [-0.15, -0.1) is 0 Å². The summed E-state index contributed by atoms with van der Waals surface area (Å²) < 4.78 is 5.95. The average Bonchev–Trinajstić information content (AvgIpc) is 3.18. The molecule has 0 radical (unpaired) electrons. The Hall–Kier alpha value is -1.81. The van der Waals surface area contributed by atoms with Gasteiger partial charge in [0.15, 0.2) is 0 Å². The van der Waals surface area contributed by atoms with E-state index in [0.717, 1.165) is 65.1 Å². The first-order valence-corrected chi connectivity index (χ1v) is 14.8. The fraction of sp³-hybridized carbons (Fsp3) is 0.719. The van der Waals surface area contributed by atoms with E-state index in [0.29, 0.717) is 34.8 Å². The standard InChI is InChI=1S/C32H46N2O2/c1-19-5-10-26-25-8-6-21-17-20(11-14-32(21,3)27(25)12-15-31(19,26)2)29-24(13-16-33)23-9-7-22(34-4)18-28(23)36-30(29)35/h7,9,18-21,25-27,34H,5-6,8,10-17,33H2,1-4H3. The summed E-state index contributed by atoms with van der Waals surface area (Å²) in [6.07, 6.45) is 12.7. The lowest BCUT2D eigenvalue weighted by Gasteiger charge is -2.61. The number of anilines is 1. The van der Waals surface area contributed by atoms with Crippen molar-refractivity contribution in [2.24, 2.45) is 46.2 Å². The highest BCUT2D eigenvalue weighted by molar-refractivity contribution is 5.84. The van der Waals surface area contributed by atoms with Crippen LogP contribution in [0, 0.1) is 40.4 Å². The van der Waals surface area contributed by atoms with Crippen LogP contribution in [0.25, 0.3) is 11.0 Å². The molecular formula is C32H46N2O2. The number of hydrogen-bond donors (Lipinski definition) is 2. The monoisotopic (exact) mass is 490 g/mol. The molecule has 1 aromatic heterocycles. The van der Waals surface area contributed by atoms with E-state index in [2.05, 4.69) is 38.2 Å². The maximum Gasteiger partial charge on any atom is 0.340 e. The highest BCUT2D eigenvalue weighted by atomic mass is 16.4. The van der Waals surface area contributed by atoms with Gasteiger partial charge in [-0.05, 0) is 135 Å². The molecule has 0 aliphatic heterocycles. The summed E-state index contributed by atoms with van der Waals surface area (Å²) in [6.45, 7) is 8.32. The van der Waals surface area contributed by atoms with Crippen LogP contribution >= 0.6 is 0 Å². The minimum atomic E-state index is -0.130. The Labute approximate surface area is 216 Å². The molecule has 4 heteroatoms. The van der Waals surface area contributed by atoms with Crippen molar-refractivity contribution in [3.63, 3.8) is 0 Å². The van der Waals surface area contributed by atoms with Gasteiger partial charge in [0.2, 0.25) is 0 Å². The Morgan fingerprint density at radius 2 is 1.81 bits per heavy atom. The molecule has 0 bridgehead atoms. The number of nitrogens with two attached hydrogens (primary N) is 1. The van der Waals surface area contributed by atoms with Gasteiger partial charge >= 0.3 is 5.63 Å². The lowest BCUT2D eigenvalue weighted by Crippen LogP contribution is -2.53. The van der Waals surface area contributed by atoms with Crippen molar-refractivity contribution in [3.05, 3.63) is 39.7 Å². The van der Waals surface area contributed by atoms with Crippen LogP contribution in [0.15, 0.2) is 27.4 Å². The zero-order valence-electron chi connectivity index (χ0n) is 22.9. The van der Waals surface area contributed by atoms with Crippen molar-refractivity contribution in [3.8, 4) is 0 Å². The number of benzene rings is 1. The Kier molecular flexibility index (Phi) is 6.06. The fourth-order valence-corrected chi connectivity index (χ4v) is 10.0. The zero-order valence-corrected chi connectivity index (χ0v) is 22.9. The van der Waals surface area contributed by atoms with Crippen LogP contribution in [-0.4, -0.2) is 13.6 Å². The van der Waals surface area contributed by atoms with Gasteiger partial charge in [0, 0.05) is 29.8 Å². The first-order valence-electron chi connectivity index (χ1n) is 14.8. The molecule has 36 heavy (non-hydrogen) atoms. The van der Waals surface area contributed by atoms with Crippen molar-refractivity contribution in [1.29, 1.82) is 0 Å². The second kappa shape index (κ2) is 8.89. The smallest absolute Gasteiger partial charge is 0.340 e. The van der Waals surface area contributed by atoms with Gasteiger partial charge in [-0.2, -0.15) is 0 Å². The van der Waals surface area contributed by atoms with Crippen LogP contribution in [-0.2, 0) is 6.42 Å². The molecule has 0 spiro atoms. The number of nitrogens with one attached hydrogen (secondary N) is 1. The molecule has 3 N–H and O–H groups in total. The number of fused-ring (bicyclic) bond motifs is 6. The molecular weight excluding hydrogens is 444 g/mol. The number of rotatable bonds is 4. The summed E-state index contributed by atoms with van der Waals surface area (Å²) in [5.74, 6) is 4.64. The molecule has 0 amide bonds. The van der Waals surface area contributed by atoms with E-state index in [-0.39, 0.29) is 5.63 Å². The predicted octanol–water partition coefficient (Wildman–Crippen LogP) is 7.10. The Morgan fingerprint density at radius 1 is 1.03 bits per heavy atom. The number of hydrogen-bond acceptors (Lipinski definition) is 4. The highest BCUT2D eigenvalue weighted by Gasteiger charge is 2.59. The molecule has 4 fully saturated rings. The van der Waals surface area contributed by atoms with Crippen LogP contribution in [0.4, 0.5) is 5.69 Å². The first kappa shape index (κ1) is 24.5. The molecule has 4 aliphatic rings. The van der Waals surface area contributed by atoms with Crippen LogP contribution in [0.3, 0.4) is 0 Å². The average molecular weight is 491 g/mol. The Morgan fingerprint density at radius 3 is 2.58 bits per heavy atom. The summed E-state index contributed by atoms with van der Waals surface area (Å²) in [7, 11) is 1.89. The van der Waals surface area contributed by atoms with Gasteiger partial charge in [0.25, 0.3) is 0 Å². The van der Waals surface area contributed by atoms with Gasteiger partial charge in [0.1, 0.15) is 5.58 Å². The third kappa shape index (κ3) is 3.53. The summed E-state index contributed by atoms with van der Waals surface area (Å²) in [5.41, 5.74) is 10.7. The van der Waals surface area contributed by atoms with E-state index < -0.39 is 0 Å². The van der Waals surface area contributed by atoms with Crippen molar-refractivity contribution in [2.45, 2.75) is 90.9 Å². The molecule has 4 aliphatic carbocycles. The third-order valence-corrected chi connectivity index (χ3v) is 12.3. The topological polar surface area (TPSA) is 68.3 Å². The van der Waals surface area contributed by atoms with Gasteiger partial charge in [-0.3, -0.25) is 0 Å². The molecule has 8 atom stereocenters. The normalized spacial score (nSPS) is 39.9. The quantitative estimate of drug-likeness (QED) is 0.449. The van der Waals surface area contributed by atoms with E-state index in [9.17, 15) is 4.79 Å². The second-order valence-electron chi connectivity index (χ2n) is 13.4. The Bertz CT molecular complexity index is 1200. The third-order valence-electron chi connectivity index (χ3n) is 12.3. The lowest BCUT2D eigenvalue weighted by molar-refractivity contribution is -0.112. The van der Waals surface area contributed by atoms with Crippen molar-refractivity contribution in [1.82, 2.24) is 0 Å². The van der Waals surface area contributed by atoms with E-state index in [1.54, 1.807) is 0 Å². The Balaban J connectivity index is 1.31. The molecule has 0 saturated heterocycles. The molecule has 4 saturated carbocycles. The summed E-state index contributed by atoms with van der Waals surface area (Å²) >= 11 is 0. The minimum absolute atomic E-state index is 0.130. The summed E-state index contributed by atoms with van der Waals surface area (Å²) in [4.78, 5) is 13.5. The van der Waals surface area contributed by atoms with E-state index >= 15 is 0 Å². The van der Waals surface area contributed by atoms with E-state index in [1.807, 2.05) is 13.1 Å². The molecule has 8 unspecified atom stereocenters. The maximum absolute atomic E-state index is 13.5. The van der Waals surface area contributed by atoms with Crippen LogP contribution in [0.1, 0.15) is 95.6 Å². The fourth-order valence-electron chi connectivity index (χ4n) is 10.0. The first-order chi connectivity index (χ1) is 17.3. The largest absolute Gasteiger partial charge is 0.422 e. The molecule has 196 valence electrons. The van der Waals surface area contributed by atoms with Gasteiger partial charge in [-0.1, -0.05) is 20.8 Å². The van der Waals surface area contributed by atoms with Crippen LogP contribution < -0.4 is 16.7 Å². The van der Waals surface area contributed by atoms with Crippen molar-refractivity contribution >= 4 is 16.7 Å². The minimum Gasteiger partial charge on any atom is -0.422 e. The highest BCUT2D eigenvalue weighted by Crippen LogP contribution is 2.68. The zero-order chi connectivity index (χ0) is 25.2. The molecule has 2 aromatic rings. The van der Waals surface area contributed by atoms with Gasteiger partial charge < -0.3 is 15.5 Å². The predicted molar refractivity (Wildman–Crippen MR) is 148 cm³/mol. The summed E-state index contributed by atoms with van der Waals surface area (Å²) in [6, 6.07) is 6.13. The molecule has 1 heterocycles. The second-order valence-corrected chi connectivity index (χ2v) is 13.4. The molecule has 6 rings (SSSR count). The SMILES string of the molecule is CNc1ccc2c(CCN)c(C3CCC4(C)C(CCC5C6CCC(C)C6(C)CCC54)C3)c(=O)oc2c1. The van der Waals surface area contributed by atoms with E-state index in [4.69, 9.17) is 10.2 Å². The van der Waals surface area contributed by atoms with Crippen molar-refractivity contribution in [2.75, 3.05) is 18.9 Å². The van der Waals surface area contributed by atoms with E-state index in [1.165, 1.54) is 44.9 Å². The van der Waals surface area contributed by atoms with Gasteiger partial charge in [-0.25, -0.2) is 4.79 Å². The van der Waals surface area contributed by atoms with Crippen molar-refractivity contribution < 1.29 is 4.42 Å². The molecule has 4 nitrogen and oxygen atoms in total. The van der Waals surface area contributed by atoms with Crippen LogP contribution in [0.2, 0.25) is 0 Å². The molecule has 1 aromatic carbocycles. The van der Waals surface area contributed by atoms with Gasteiger partial charge in [0.05, 0.1) is 0 Å². The summed E-state index contributed by atoms with van der Waals surface area (Å²) in [5, 5.41) is 4.22.